The maximum absolute atomic E-state index is 13.0. The first-order valence-electron chi connectivity index (χ1n) is 8.02. The molecule has 2 aromatic rings. The first-order chi connectivity index (χ1) is 11.1. The van der Waals surface area contributed by atoms with Gasteiger partial charge in [0.25, 0.3) is 5.91 Å². The number of likely N-dealkylation sites (tertiary alicyclic amines) is 1. The van der Waals surface area contributed by atoms with E-state index in [1.54, 1.807) is 12.1 Å². The Morgan fingerprint density at radius 2 is 1.91 bits per heavy atom. The first kappa shape index (κ1) is 14.8. The van der Waals surface area contributed by atoms with Crippen LogP contribution >= 0.6 is 11.3 Å². The number of thiophene rings is 1. The van der Waals surface area contributed by atoms with E-state index in [4.69, 9.17) is 5.73 Å². The molecule has 0 spiro atoms. The smallest absolute Gasteiger partial charge is 0.263 e. The molecule has 1 aliphatic heterocycles. The van der Waals surface area contributed by atoms with Crippen molar-refractivity contribution >= 4 is 17.2 Å². The lowest BCUT2D eigenvalue weighted by molar-refractivity contribution is 0.0784. The molecule has 5 heteroatoms. The van der Waals surface area contributed by atoms with Crippen LogP contribution in [-0.2, 0) is 0 Å². The third-order valence-electron chi connectivity index (χ3n) is 5.15. The van der Waals surface area contributed by atoms with Gasteiger partial charge in [-0.05, 0) is 54.5 Å². The molecule has 3 unspecified atom stereocenters. The minimum Gasteiger partial charge on any atom is -0.337 e. The van der Waals surface area contributed by atoms with E-state index in [0.717, 1.165) is 41.2 Å². The van der Waals surface area contributed by atoms with Crippen molar-refractivity contribution in [3.05, 3.63) is 47.1 Å². The number of halogens is 1. The van der Waals surface area contributed by atoms with E-state index in [1.165, 1.54) is 23.5 Å². The van der Waals surface area contributed by atoms with E-state index in [1.807, 2.05) is 17.0 Å². The molecule has 2 aliphatic rings. The number of rotatable bonds is 2. The van der Waals surface area contributed by atoms with Gasteiger partial charge in [0.1, 0.15) is 5.82 Å². The van der Waals surface area contributed by atoms with Crippen molar-refractivity contribution in [3.8, 4) is 10.4 Å². The van der Waals surface area contributed by atoms with Gasteiger partial charge in [-0.15, -0.1) is 11.3 Å². The molecule has 1 saturated heterocycles. The largest absolute Gasteiger partial charge is 0.337 e. The molecule has 3 nitrogen and oxygen atoms in total. The molecule has 4 rings (SSSR count). The maximum Gasteiger partial charge on any atom is 0.263 e. The van der Waals surface area contributed by atoms with Crippen molar-refractivity contribution in [2.24, 2.45) is 17.6 Å². The van der Waals surface area contributed by atoms with Crippen LogP contribution in [0.25, 0.3) is 10.4 Å². The zero-order chi connectivity index (χ0) is 16.0. The Hall–Kier alpha value is -1.72. The van der Waals surface area contributed by atoms with Crippen LogP contribution in [0.5, 0.6) is 0 Å². The monoisotopic (exact) mass is 330 g/mol. The lowest BCUT2D eigenvalue weighted by atomic mass is 9.98. The van der Waals surface area contributed by atoms with Crippen molar-refractivity contribution in [1.82, 2.24) is 4.90 Å². The van der Waals surface area contributed by atoms with Gasteiger partial charge in [0.05, 0.1) is 4.88 Å². The Labute approximate surface area is 138 Å². The summed E-state index contributed by atoms with van der Waals surface area (Å²) in [6.45, 7) is 1.62. The number of carbonyl (C=O) groups is 1. The van der Waals surface area contributed by atoms with Gasteiger partial charge in [0, 0.05) is 24.0 Å². The summed E-state index contributed by atoms with van der Waals surface area (Å²) < 4.78 is 13.0. The number of nitrogens with two attached hydrogens (primary N) is 1. The topological polar surface area (TPSA) is 46.3 Å². The van der Waals surface area contributed by atoms with E-state index in [2.05, 4.69) is 0 Å². The van der Waals surface area contributed by atoms with Gasteiger partial charge in [0.2, 0.25) is 0 Å². The van der Waals surface area contributed by atoms with Crippen LogP contribution in [0.2, 0.25) is 0 Å². The molecule has 1 aromatic heterocycles. The Kier molecular flexibility index (Phi) is 3.70. The van der Waals surface area contributed by atoms with Crippen molar-refractivity contribution in [1.29, 1.82) is 0 Å². The predicted octanol–water partition coefficient (Wildman–Crippen LogP) is 3.36. The lowest BCUT2D eigenvalue weighted by Crippen LogP contribution is -2.33. The van der Waals surface area contributed by atoms with Crippen LogP contribution in [0.3, 0.4) is 0 Å². The second-order valence-corrected chi connectivity index (χ2v) is 7.63. The van der Waals surface area contributed by atoms with E-state index in [-0.39, 0.29) is 17.8 Å². The zero-order valence-electron chi connectivity index (χ0n) is 12.7. The maximum atomic E-state index is 13.0. The van der Waals surface area contributed by atoms with Gasteiger partial charge in [-0.1, -0.05) is 12.1 Å². The molecule has 2 N–H and O–H groups in total. The van der Waals surface area contributed by atoms with Crippen LogP contribution in [0.4, 0.5) is 4.39 Å². The number of amides is 1. The number of carbonyl (C=O) groups excluding carboxylic acids is 1. The van der Waals surface area contributed by atoms with E-state index in [9.17, 15) is 9.18 Å². The highest BCUT2D eigenvalue weighted by atomic mass is 32.1. The SMILES string of the molecule is NC1CCC2CN(C(=O)c3ccc(-c4ccc(F)cc4)s3)CC12. The summed E-state index contributed by atoms with van der Waals surface area (Å²) in [5.74, 6) is 0.896. The molecule has 120 valence electrons. The molecule has 1 saturated carbocycles. The number of benzene rings is 1. The molecule has 0 bridgehead atoms. The zero-order valence-corrected chi connectivity index (χ0v) is 13.6. The van der Waals surface area contributed by atoms with Crippen LogP contribution < -0.4 is 5.73 Å². The molecule has 2 fully saturated rings. The molecular weight excluding hydrogens is 311 g/mol. The van der Waals surface area contributed by atoms with Crippen LogP contribution in [0.1, 0.15) is 22.5 Å². The fourth-order valence-corrected chi connectivity index (χ4v) is 4.83. The summed E-state index contributed by atoms with van der Waals surface area (Å²) in [5.41, 5.74) is 7.09. The number of nitrogens with zero attached hydrogens (tertiary/aromatic N) is 1. The van der Waals surface area contributed by atoms with E-state index < -0.39 is 0 Å². The fourth-order valence-electron chi connectivity index (χ4n) is 3.85. The second kappa shape index (κ2) is 5.73. The highest BCUT2D eigenvalue weighted by Crippen LogP contribution is 2.38. The summed E-state index contributed by atoms with van der Waals surface area (Å²) in [7, 11) is 0. The Balaban J connectivity index is 1.51. The second-order valence-electron chi connectivity index (χ2n) is 6.55. The summed E-state index contributed by atoms with van der Waals surface area (Å²) in [6.07, 6.45) is 2.23. The number of hydrogen-bond acceptors (Lipinski definition) is 3. The van der Waals surface area contributed by atoms with Gasteiger partial charge >= 0.3 is 0 Å². The molecule has 1 aromatic carbocycles. The predicted molar refractivity (Wildman–Crippen MR) is 89.8 cm³/mol. The summed E-state index contributed by atoms with van der Waals surface area (Å²) in [4.78, 5) is 16.4. The van der Waals surface area contributed by atoms with Gasteiger partial charge in [-0.2, -0.15) is 0 Å². The third-order valence-corrected chi connectivity index (χ3v) is 6.27. The van der Waals surface area contributed by atoms with Crippen molar-refractivity contribution in [3.63, 3.8) is 0 Å². The minimum atomic E-state index is -0.249. The van der Waals surface area contributed by atoms with Gasteiger partial charge in [0.15, 0.2) is 0 Å². The number of fused-ring (bicyclic) bond motifs is 1. The Morgan fingerprint density at radius 3 is 2.65 bits per heavy atom. The highest BCUT2D eigenvalue weighted by Gasteiger charge is 2.42. The van der Waals surface area contributed by atoms with Gasteiger partial charge in [-0.3, -0.25) is 4.79 Å². The average Bonchev–Trinajstić information content (AvgIpc) is 3.25. The van der Waals surface area contributed by atoms with E-state index >= 15 is 0 Å². The van der Waals surface area contributed by atoms with Gasteiger partial charge < -0.3 is 10.6 Å². The van der Waals surface area contributed by atoms with Crippen LogP contribution in [0.15, 0.2) is 36.4 Å². The lowest BCUT2D eigenvalue weighted by Gasteiger charge is -2.17. The molecule has 0 radical (unpaired) electrons. The highest BCUT2D eigenvalue weighted by molar-refractivity contribution is 7.17. The Bertz CT molecular complexity index is 727. The molecule has 23 heavy (non-hydrogen) atoms. The molecular formula is C18H19FN2OS. The molecule has 1 aliphatic carbocycles. The van der Waals surface area contributed by atoms with Gasteiger partial charge in [-0.25, -0.2) is 4.39 Å². The minimum absolute atomic E-state index is 0.102. The third kappa shape index (κ3) is 2.68. The fraction of sp³-hybridized carbons (Fsp3) is 0.389. The van der Waals surface area contributed by atoms with Crippen molar-refractivity contribution in [2.45, 2.75) is 18.9 Å². The summed E-state index contributed by atoms with van der Waals surface area (Å²) in [6, 6.07) is 10.4. The van der Waals surface area contributed by atoms with Crippen molar-refractivity contribution < 1.29 is 9.18 Å². The summed E-state index contributed by atoms with van der Waals surface area (Å²) >= 11 is 1.47. The number of hydrogen-bond donors (Lipinski definition) is 1. The molecule has 1 amide bonds. The molecule has 2 heterocycles. The normalized spacial score (nSPS) is 26.5. The molecule has 3 atom stereocenters. The van der Waals surface area contributed by atoms with Crippen LogP contribution in [0, 0.1) is 17.7 Å². The summed E-state index contributed by atoms with van der Waals surface area (Å²) in [5, 5.41) is 0. The van der Waals surface area contributed by atoms with Crippen LogP contribution in [-0.4, -0.2) is 29.9 Å². The quantitative estimate of drug-likeness (QED) is 0.918. The Morgan fingerprint density at radius 1 is 1.13 bits per heavy atom. The first-order valence-corrected chi connectivity index (χ1v) is 8.84. The average molecular weight is 330 g/mol. The van der Waals surface area contributed by atoms with Crippen molar-refractivity contribution in [2.75, 3.05) is 13.1 Å². The van der Waals surface area contributed by atoms with E-state index in [0.29, 0.717) is 11.8 Å². The standard InChI is InChI=1S/C18H19FN2OS/c19-13-4-1-11(2-5-13)16-7-8-17(23-16)18(22)21-9-12-3-6-15(20)14(12)10-21/h1-2,4-5,7-8,12,14-15H,3,6,9-10,20H2.